The Morgan fingerprint density at radius 2 is 1.50 bits per heavy atom. The van der Waals surface area contributed by atoms with Gasteiger partial charge in [-0.15, -0.1) is 0 Å². The van der Waals surface area contributed by atoms with Crippen molar-refractivity contribution in [1.82, 2.24) is 0 Å². The molecule has 62 valence electrons. The molecule has 2 atom stereocenters. The molecule has 0 N–H and O–H groups in total. The first kappa shape index (κ1) is 10.8. The van der Waals surface area contributed by atoms with Gasteiger partial charge in [0, 0.05) is 10.8 Å². The van der Waals surface area contributed by atoms with E-state index in [1.54, 1.807) is 0 Å². The summed E-state index contributed by atoms with van der Waals surface area (Å²) in [6.45, 7) is 3.96. The Balaban J connectivity index is 3.82. The van der Waals surface area contributed by atoms with Crippen molar-refractivity contribution in [2.45, 2.75) is 35.9 Å². The van der Waals surface area contributed by atoms with Crippen molar-refractivity contribution in [3.63, 3.8) is 0 Å². The minimum Gasteiger partial charge on any atom is -0.257 e. The van der Waals surface area contributed by atoms with Crippen LogP contribution in [0, 0.1) is 0 Å². The van der Waals surface area contributed by atoms with Crippen molar-refractivity contribution < 1.29 is 4.21 Å². The Bertz CT molecular complexity index is 104. The Hall–Kier alpha value is 0.850. The summed E-state index contributed by atoms with van der Waals surface area (Å²) >= 11 is 8.34. The van der Waals surface area contributed by atoms with Crippen LogP contribution >= 0.6 is 25.3 Å². The molecule has 10 heavy (non-hydrogen) atoms. The SMILES string of the molecule is CCC(S)S(=O)C(S)CC. The highest BCUT2D eigenvalue weighted by atomic mass is 32.2. The molecule has 0 saturated heterocycles. The van der Waals surface area contributed by atoms with Crippen LogP contribution in [0.25, 0.3) is 0 Å². The third kappa shape index (κ3) is 3.30. The first-order valence-corrected chi connectivity index (χ1v) is 5.69. The largest absolute Gasteiger partial charge is 0.257 e. The van der Waals surface area contributed by atoms with Gasteiger partial charge in [0.25, 0.3) is 0 Å². The van der Waals surface area contributed by atoms with Gasteiger partial charge >= 0.3 is 0 Å². The number of thiol groups is 2. The Morgan fingerprint density at radius 3 is 1.70 bits per heavy atom. The van der Waals surface area contributed by atoms with Crippen molar-refractivity contribution in [2.24, 2.45) is 0 Å². The van der Waals surface area contributed by atoms with Crippen LogP contribution in [0.5, 0.6) is 0 Å². The standard InChI is InChI=1S/C6H14OS3/c1-3-5(8)10(7)6(9)4-2/h5-6,8-9H,3-4H2,1-2H3. The van der Waals surface area contributed by atoms with Crippen molar-refractivity contribution in [3.8, 4) is 0 Å². The Labute approximate surface area is 76.2 Å². The molecule has 0 aromatic rings. The molecular weight excluding hydrogens is 184 g/mol. The second-order valence-electron chi connectivity index (χ2n) is 2.05. The molecule has 0 amide bonds. The highest BCUT2D eigenvalue weighted by molar-refractivity contribution is 8.08. The minimum absolute atomic E-state index is 0.0116. The average Bonchev–Trinajstić information content (AvgIpc) is 2.00. The fourth-order valence-corrected chi connectivity index (χ4v) is 2.70. The van der Waals surface area contributed by atoms with E-state index in [0.717, 1.165) is 12.8 Å². The van der Waals surface area contributed by atoms with Gasteiger partial charge in [-0.25, -0.2) is 0 Å². The van der Waals surface area contributed by atoms with Gasteiger partial charge in [0.05, 0.1) is 9.16 Å². The van der Waals surface area contributed by atoms with Gasteiger partial charge in [-0.1, -0.05) is 13.8 Å². The molecule has 0 aliphatic heterocycles. The van der Waals surface area contributed by atoms with E-state index in [2.05, 4.69) is 25.3 Å². The van der Waals surface area contributed by atoms with Crippen molar-refractivity contribution in [1.29, 1.82) is 0 Å². The summed E-state index contributed by atoms with van der Waals surface area (Å²) in [6, 6.07) is 0. The summed E-state index contributed by atoms with van der Waals surface area (Å²) in [5.41, 5.74) is 0. The second-order valence-corrected chi connectivity index (χ2v) is 5.79. The quantitative estimate of drug-likeness (QED) is 0.661. The molecule has 0 aliphatic rings. The molecule has 0 heterocycles. The van der Waals surface area contributed by atoms with E-state index in [1.165, 1.54) is 0 Å². The van der Waals surface area contributed by atoms with Crippen LogP contribution in [0.2, 0.25) is 0 Å². The Kier molecular flexibility index (Phi) is 5.96. The van der Waals surface area contributed by atoms with E-state index in [-0.39, 0.29) is 9.16 Å². The van der Waals surface area contributed by atoms with Crippen LogP contribution in [-0.2, 0) is 10.8 Å². The molecule has 0 saturated carbocycles. The van der Waals surface area contributed by atoms with Gasteiger partial charge in [-0.05, 0) is 12.8 Å². The fourth-order valence-electron chi connectivity index (χ4n) is 0.510. The zero-order chi connectivity index (χ0) is 8.15. The van der Waals surface area contributed by atoms with Crippen LogP contribution in [0.1, 0.15) is 26.7 Å². The molecule has 0 bridgehead atoms. The van der Waals surface area contributed by atoms with Gasteiger partial charge in [-0.2, -0.15) is 25.3 Å². The van der Waals surface area contributed by atoms with Crippen LogP contribution in [0.3, 0.4) is 0 Å². The lowest BCUT2D eigenvalue weighted by Crippen LogP contribution is -2.16. The molecule has 0 aliphatic carbocycles. The summed E-state index contributed by atoms with van der Waals surface area (Å²) in [4.78, 5) is 0. The fraction of sp³-hybridized carbons (Fsp3) is 1.00. The maximum Gasteiger partial charge on any atom is 0.0780 e. The predicted molar refractivity (Wildman–Crippen MR) is 54.3 cm³/mol. The van der Waals surface area contributed by atoms with Crippen molar-refractivity contribution in [3.05, 3.63) is 0 Å². The van der Waals surface area contributed by atoms with Crippen LogP contribution < -0.4 is 0 Å². The third-order valence-electron chi connectivity index (χ3n) is 1.23. The lowest BCUT2D eigenvalue weighted by atomic mass is 10.6. The highest BCUT2D eigenvalue weighted by Gasteiger charge is 2.15. The monoisotopic (exact) mass is 198 g/mol. The third-order valence-corrected chi connectivity index (χ3v) is 4.95. The summed E-state index contributed by atoms with van der Waals surface area (Å²) in [5.74, 6) is 0. The van der Waals surface area contributed by atoms with E-state index >= 15 is 0 Å². The lowest BCUT2D eigenvalue weighted by Gasteiger charge is -2.11. The van der Waals surface area contributed by atoms with Crippen LogP contribution in [0.15, 0.2) is 0 Å². The number of hydrogen-bond donors (Lipinski definition) is 2. The van der Waals surface area contributed by atoms with E-state index in [1.807, 2.05) is 13.8 Å². The molecule has 0 radical (unpaired) electrons. The van der Waals surface area contributed by atoms with E-state index in [4.69, 9.17) is 0 Å². The summed E-state index contributed by atoms with van der Waals surface area (Å²) in [6.07, 6.45) is 1.68. The zero-order valence-electron chi connectivity index (χ0n) is 6.28. The molecule has 0 aromatic carbocycles. The van der Waals surface area contributed by atoms with Crippen molar-refractivity contribution >= 4 is 36.1 Å². The predicted octanol–water partition coefficient (Wildman–Crippen LogP) is 2.07. The molecule has 1 nitrogen and oxygen atoms in total. The molecular formula is C6H14OS3. The first-order valence-electron chi connectivity index (χ1n) is 3.39. The molecule has 4 heteroatoms. The van der Waals surface area contributed by atoms with E-state index in [0.29, 0.717) is 0 Å². The topological polar surface area (TPSA) is 17.1 Å². The minimum atomic E-state index is -0.881. The normalized spacial score (nSPS) is 20.0. The van der Waals surface area contributed by atoms with Crippen LogP contribution in [-0.4, -0.2) is 13.4 Å². The zero-order valence-corrected chi connectivity index (χ0v) is 8.89. The van der Waals surface area contributed by atoms with Gasteiger partial charge in [-0.3, -0.25) is 4.21 Å². The second kappa shape index (κ2) is 5.49. The summed E-state index contributed by atoms with van der Waals surface area (Å²) < 4.78 is 11.2. The number of rotatable bonds is 4. The molecule has 0 aromatic heterocycles. The van der Waals surface area contributed by atoms with Crippen molar-refractivity contribution in [2.75, 3.05) is 0 Å². The summed E-state index contributed by atoms with van der Waals surface area (Å²) in [7, 11) is -0.881. The maximum atomic E-state index is 11.3. The summed E-state index contributed by atoms with van der Waals surface area (Å²) in [5, 5.41) is 0. The van der Waals surface area contributed by atoms with Gasteiger partial charge in [0.2, 0.25) is 0 Å². The van der Waals surface area contributed by atoms with Gasteiger partial charge < -0.3 is 0 Å². The number of hydrogen-bond acceptors (Lipinski definition) is 3. The molecule has 0 rings (SSSR count). The average molecular weight is 198 g/mol. The molecule has 0 spiro atoms. The highest BCUT2D eigenvalue weighted by Crippen LogP contribution is 2.16. The van der Waals surface area contributed by atoms with E-state index in [9.17, 15) is 4.21 Å². The maximum absolute atomic E-state index is 11.3. The van der Waals surface area contributed by atoms with Gasteiger partial charge in [0.1, 0.15) is 0 Å². The van der Waals surface area contributed by atoms with Crippen LogP contribution in [0.4, 0.5) is 0 Å². The Morgan fingerprint density at radius 1 is 1.20 bits per heavy atom. The molecule has 2 unspecified atom stereocenters. The smallest absolute Gasteiger partial charge is 0.0780 e. The molecule has 0 fully saturated rings. The van der Waals surface area contributed by atoms with E-state index < -0.39 is 10.8 Å². The van der Waals surface area contributed by atoms with Gasteiger partial charge in [0.15, 0.2) is 0 Å². The lowest BCUT2D eigenvalue weighted by molar-refractivity contribution is 0.676. The first-order chi connectivity index (χ1) is 4.63.